The van der Waals surface area contributed by atoms with Crippen molar-refractivity contribution in [2.24, 2.45) is 5.14 Å². The van der Waals surface area contributed by atoms with Crippen molar-refractivity contribution in [1.82, 2.24) is 0 Å². The number of sulfonamides is 1. The largest absolute Gasteiger partial charge is 0.389 e. The molecule has 0 saturated heterocycles. The number of hydrogen-bond acceptors (Lipinski definition) is 5. The number of nitrogens with one attached hydrogen (secondary N) is 1. The van der Waals surface area contributed by atoms with Crippen LogP contribution in [0.25, 0.3) is 0 Å². The number of aliphatic hydroxyl groups excluding tert-OH is 1. The Morgan fingerprint density at radius 1 is 1.41 bits per heavy atom. The minimum Gasteiger partial charge on any atom is -0.389 e. The van der Waals surface area contributed by atoms with Crippen LogP contribution in [0, 0.1) is 0 Å². The molecule has 96 valence electrons. The van der Waals surface area contributed by atoms with Crippen LogP contribution in [-0.2, 0) is 14.8 Å². The molecule has 1 aromatic rings. The summed E-state index contributed by atoms with van der Waals surface area (Å²) in [6, 6.07) is 5.97. The van der Waals surface area contributed by atoms with Crippen LogP contribution in [0.1, 0.15) is 0 Å². The van der Waals surface area contributed by atoms with E-state index < -0.39 is 16.1 Å². The summed E-state index contributed by atoms with van der Waals surface area (Å²) in [6.45, 7) is 0.560. The van der Waals surface area contributed by atoms with Crippen LogP contribution in [0.4, 0.5) is 5.69 Å². The summed E-state index contributed by atoms with van der Waals surface area (Å²) in [6.07, 6.45) is -0.613. The molecule has 1 rings (SSSR count). The maximum Gasteiger partial charge on any atom is 0.238 e. The van der Waals surface area contributed by atoms with Crippen LogP contribution in [-0.4, -0.2) is 39.9 Å². The smallest absolute Gasteiger partial charge is 0.238 e. The molecule has 0 aliphatic carbocycles. The number of anilines is 1. The van der Waals surface area contributed by atoms with E-state index in [1.807, 2.05) is 0 Å². The standard InChI is InChI=1S/C10H16N2O4S/c1-16-7-9(13)6-12-8-2-4-10(5-3-8)17(11,14)15/h2-5,9,12-13H,6-7H2,1H3,(H2,11,14,15). The van der Waals surface area contributed by atoms with Crippen LogP contribution < -0.4 is 10.5 Å². The van der Waals surface area contributed by atoms with Gasteiger partial charge in [-0.2, -0.15) is 0 Å². The number of primary sulfonamides is 1. The van der Waals surface area contributed by atoms with Gasteiger partial charge in [-0.25, -0.2) is 13.6 Å². The molecule has 0 aromatic heterocycles. The van der Waals surface area contributed by atoms with Crippen molar-refractivity contribution in [3.8, 4) is 0 Å². The van der Waals surface area contributed by atoms with Gasteiger partial charge in [0.25, 0.3) is 0 Å². The van der Waals surface area contributed by atoms with Gasteiger partial charge < -0.3 is 15.2 Å². The van der Waals surface area contributed by atoms with Crippen molar-refractivity contribution in [3.63, 3.8) is 0 Å². The Bertz CT molecular complexity index is 444. The number of rotatable bonds is 6. The van der Waals surface area contributed by atoms with E-state index in [9.17, 15) is 13.5 Å². The van der Waals surface area contributed by atoms with Gasteiger partial charge >= 0.3 is 0 Å². The summed E-state index contributed by atoms with van der Waals surface area (Å²) in [7, 11) is -2.15. The Kier molecular flexibility index (Phi) is 4.88. The Morgan fingerprint density at radius 2 is 2.00 bits per heavy atom. The maximum atomic E-state index is 11.0. The Hall–Kier alpha value is -1.15. The second kappa shape index (κ2) is 5.97. The Balaban J connectivity index is 2.57. The second-order valence-electron chi connectivity index (χ2n) is 3.56. The van der Waals surface area contributed by atoms with Gasteiger partial charge in [0.1, 0.15) is 0 Å². The van der Waals surface area contributed by atoms with E-state index in [0.29, 0.717) is 12.2 Å². The quantitative estimate of drug-likeness (QED) is 0.655. The van der Waals surface area contributed by atoms with Gasteiger partial charge in [-0.05, 0) is 24.3 Å². The number of ether oxygens (including phenoxy) is 1. The lowest BCUT2D eigenvalue weighted by Crippen LogP contribution is -2.24. The fraction of sp³-hybridized carbons (Fsp3) is 0.400. The molecule has 0 aliphatic heterocycles. The minimum absolute atomic E-state index is 0.0560. The minimum atomic E-state index is -3.66. The monoisotopic (exact) mass is 260 g/mol. The first kappa shape index (κ1) is 13.9. The molecule has 0 radical (unpaired) electrons. The normalized spacial score (nSPS) is 13.4. The van der Waals surface area contributed by atoms with Crippen molar-refractivity contribution in [2.75, 3.05) is 25.6 Å². The number of methoxy groups -OCH3 is 1. The van der Waals surface area contributed by atoms with E-state index in [1.54, 1.807) is 12.1 Å². The average Bonchev–Trinajstić information content (AvgIpc) is 2.26. The molecule has 4 N–H and O–H groups in total. The van der Waals surface area contributed by atoms with Crippen LogP contribution in [0.2, 0.25) is 0 Å². The molecule has 0 saturated carbocycles. The predicted molar refractivity (Wildman–Crippen MR) is 64.2 cm³/mol. The lowest BCUT2D eigenvalue weighted by molar-refractivity contribution is 0.0727. The van der Waals surface area contributed by atoms with Gasteiger partial charge in [-0.3, -0.25) is 0 Å². The molecule has 0 aliphatic rings. The highest BCUT2D eigenvalue weighted by atomic mass is 32.2. The number of aliphatic hydroxyl groups is 1. The van der Waals surface area contributed by atoms with Crippen molar-refractivity contribution in [3.05, 3.63) is 24.3 Å². The molecule has 0 fully saturated rings. The van der Waals surface area contributed by atoms with Crippen LogP contribution in [0.3, 0.4) is 0 Å². The highest BCUT2D eigenvalue weighted by Gasteiger charge is 2.07. The SMILES string of the molecule is COCC(O)CNc1ccc(S(N)(=O)=O)cc1. The molecule has 7 heteroatoms. The molecule has 1 unspecified atom stereocenters. The summed E-state index contributed by atoms with van der Waals surface area (Å²) in [5.41, 5.74) is 0.701. The third-order valence-corrected chi connectivity index (χ3v) is 3.01. The van der Waals surface area contributed by atoms with E-state index in [4.69, 9.17) is 9.88 Å². The van der Waals surface area contributed by atoms with Gasteiger partial charge in [0.15, 0.2) is 0 Å². The zero-order valence-electron chi connectivity index (χ0n) is 9.46. The topological polar surface area (TPSA) is 102 Å². The summed E-state index contributed by atoms with van der Waals surface area (Å²) in [5, 5.41) is 17.3. The van der Waals surface area contributed by atoms with E-state index in [1.165, 1.54) is 19.2 Å². The van der Waals surface area contributed by atoms with Gasteiger partial charge in [-0.1, -0.05) is 0 Å². The van der Waals surface area contributed by atoms with Crippen molar-refractivity contribution >= 4 is 15.7 Å². The van der Waals surface area contributed by atoms with Gasteiger partial charge in [0, 0.05) is 19.3 Å². The number of benzene rings is 1. The molecule has 6 nitrogen and oxygen atoms in total. The second-order valence-corrected chi connectivity index (χ2v) is 5.12. The summed E-state index contributed by atoms with van der Waals surface area (Å²) >= 11 is 0. The number of hydrogen-bond donors (Lipinski definition) is 3. The molecule has 17 heavy (non-hydrogen) atoms. The highest BCUT2D eigenvalue weighted by molar-refractivity contribution is 7.89. The molecular formula is C10H16N2O4S. The van der Waals surface area contributed by atoms with E-state index in [2.05, 4.69) is 5.32 Å². The third kappa shape index (κ3) is 4.70. The molecule has 0 amide bonds. The summed E-state index contributed by atoms with van der Waals surface area (Å²) in [4.78, 5) is 0.0560. The van der Waals surface area contributed by atoms with Crippen molar-refractivity contribution in [1.29, 1.82) is 0 Å². The lowest BCUT2D eigenvalue weighted by Gasteiger charge is -2.11. The zero-order valence-corrected chi connectivity index (χ0v) is 10.3. The van der Waals surface area contributed by atoms with Gasteiger partial charge in [0.2, 0.25) is 10.0 Å². The average molecular weight is 260 g/mol. The Morgan fingerprint density at radius 3 is 2.47 bits per heavy atom. The van der Waals surface area contributed by atoms with Crippen molar-refractivity contribution < 1.29 is 18.3 Å². The van der Waals surface area contributed by atoms with Crippen LogP contribution >= 0.6 is 0 Å². The first-order valence-electron chi connectivity index (χ1n) is 4.97. The highest BCUT2D eigenvalue weighted by Crippen LogP contribution is 2.12. The first-order chi connectivity index (χ1) is 7.93. The Labute approximate surface area is 100 Å². The molecule has 1 aromatic carbocycles. The summed E-state index contributed by atoms with van der Waals surface area (Å²) < 4.78 is 26.8. The zero-order chi connectivity index (χ0) is 12.9. The van der Waals surface area contributed by atoms with Crippen LogP contribution in [0.5, 0.6) is 0 Å². The summed E-state index contributed by atoms with van der Waals surface area (Å²) in [5.74, 6) is 0. The van der Waals surface area contributed by atoms with Gasteiger partial charge in [-0.15, -0.1) is 0 Å². The molecular weight excluding hydrogens is 244 g/mol. The molecule has 0 heterocycles. The number of nitrogens with two attached hydrogens (primary N) is 1. The lowest BCUT2D eigenvalue weighted by atomic mass is 10.3. The maximum absolute atomic E-state index is 11.0. The van der Waals surface area contributed by atoms with Crippen LogP contribution in [0.15, 0.2) is 29.2 Å². The van der Waals surface area contributed by atoms with E-state index in [0.717, 1.165) is 0 Å². The molecule has 0 bridgehead atoms. The molecule has 0 spiro atoms. The third-order valence-electron chi connectivity index (χ3n) is 2.08. The first-order valence-corrected chi connectivity index (χ1v) is 6.52. The van der Waals surface area contributed by atoms with E-state index in [-0.39, 0.29) is 11.5 Å². The predicted octanol–water partition coefficient (Wildman–Crippen LogP) is -0.247. The van der Waals surface area contributed by atoms with Gasteiger partial charge in [0.05, 0.1) is 17.6 Å². The van der Waals surface area contributed by atoms with Crippen molar-refractivity contribution in [2.45, 2.75) is 11.0 Å². The van der Waals surface area contributed by atoms with E-state index >= 15 is 0 Å². The fourth-order valence-corrected chi connectivity index (χ4v) is 1.76. The molecule has 1 atom stereocenters. The fourth-order valence-electron chi connectivity index (χ4n) is 1.25.